The average molecular weight is 444 g/mol. The van der Waals surface area contributed by atoms with Gasteiger partial charge in [-0.15, -0.1) is 0 Å². The number of morpholine rings is 1. The summed E-state index contributed by atoms with van der Waals surface area (Å²) in [6.07, 6.45) is 0.825. The quantitative estimate of drug-likeness (QED) is 0.552. The number of halogens is 1. The molecule has 1 atom stereocenters. The predicted molar refractivity (Wildman–Crippen MR) is 119 cm³/mol. The Balaban J connectivity index is 1.45. The minimum atomic E-state index is -0.386. The molecule has 1 fully saturated rings. The lowest BCUT2D eigenvalue weighted by Gasteiger charge is -2.35. The molecular weight excluding hydrogens is 413 g/mol. The second-order valence-corrected chi connectivity index (χ2v) is 7.61. The number of carbonyl (C=O) groups excluding carboxylic acids is 2. The number of methoxy groups -OCH3 is 1. The molecule has 1 saturated heterocycles. The fourth-order valence-electron chi connectivity index (χ4n) is 3.63. The van der Waals surface area contributed by atoms with Gasteiger partial charge < -0.3 is 20.1 Å². The number of ether oxygens (including phenoxy) is 2. The Labute approximate surface area is 187 Å². The number of amides is 2. The second-order valence-electron chi connectivity index (χ2n) is 7.61. The van der Waals surface area contributed by atoms with E-state index in [1.54, 1.807) is 7.11 Å². The normalized spacial score (nSPS) is 15.1. The van der Waals surface area contributed by atoms with Crippen molar-refractivity contribution in [3.8, 4) is 5.75 Å². The zero-order chi connectivity index (χ0) is 22.8. The molecule has 1 unspecified atom stereocenters. The lowest BCUT2D eigenvalue weighted by molar-refractivity contribution is -0.121. The maximum atomic E-state index is 12.9. The van der Waals surface area contributed by atoms with Crippen LogP contribution in [0.5, 0.6) is 5.75 Å². The third-order valence-corrected chi connectivity index (χ3v) is 5.45. The van der Waals surface area contributed by atoms with Crippen LogP contribution in [0.15, 0.2) is 48.5 Å². The lowest BCUT2D eigenvalue weighted by Crippen LogP contribution is -2.43. The van der Waals surface area contributed by atoms with E-state index in [1.807, 2.05) is 24.3 Å². The smallest absolute Gasteiger partial charge is 0.251 e. The lowest BCUT2D eigenvalue weighted by atomic mass is 10.0. The van der Waals surface area contributed by atoms with Crippen molar-refractivity contribution in [1.29, 1.82) is 0 Å². The summed E-state index contributed by atoms with van der Waals surface area (Å²) in [5.41, 5.74) is 1.50. The molecular formula is C24H30FN3O4. The van der Waals surface area contributed by atoms with E-state index >= 15 is 0 Å². The van der Waals surface area contributed by atoms with Crippen LogP contribution in [0, 0.1) is 5.82 Å². The van der Waals surface area contributed by atoms with E-state index in [0.717, 1.165) is 24.4 Å². The molecule has 32 heavy (non-hydrogen) atoms. The number of carbonyl (C=O) groups is 2. The monoisotopic (exact) mass is 443 g/mol. The molecule has 8 heteroatoms. The van der Waals surface area contributed by atoms with E-state index < -0.39 is 0 Å². The van der Waals surface area contributed by atoms with Gasteiger partial charge in [0.25, 0.3) is 5.91 Å². The van der Waals surface area contributed by atoms with Crippen molar-refractivity contribution in [2.75, 3.05) is 46.5 Å². The highest BCUT2D eigenvalue weighted by molar-refractivity contribution is 5.94. The van der Waals surface area contributed by atoms with Crippen LogP contribution in [-0.2, 0) is 9.53 Å². The molecule has 0 radical (unpaired) electrons. The van der Waals surface area contributed by atoms with Gasteiger partial charge in [0.15, 0.2) is 0 Å². The Kier molecular flexibility index (Phi) is 9.01. The highest BCUT2D eigenvalue weighted by Crippen LogP contribution is 2.23. The summed E-state index contributed by atoms with van der Waals surface area (Å²) in [4.78, 5) is 26.7. The van der Waals surface area contributed by atoms with Gasteiger partial charge in [0.05, 0.1) is 26.4 Å². The molecule has 7 nitrogen and oxygen atoms in total. The summed E-state index contributed by atoms with van der Waals surface area (Å²) >= 11 is 0. The van der Waals surface area contributed by atoms with Gasteiger partial charge in [-0.2, -0.15) is 0 Å². The minimum Gasteiger partial charge on any atom is -0.497 e. The summed E-state index contributed by atoms with van der Waals surface area (Å²) in [6, 6.07) is 13.3. The summed E-state index contributed by atoms with van der Waals surface area (Å²) in [5.74, 6) is 0.0644. The van der Waals surface area contributed by atoms with E-state index in [9.17, 15) is 14.0 Å². The molecule has 1 heterocycles. The first-order valence-electron chi connectivity index (χ1n) is 10.8. The summed E-state index contributed by atoms with van der Waals surface area (Å²) in [6.45, 7) is 3.83. The molecule has 0 bridgehead atoms. The van der Waals surface area contributed by atoms with Crippen LogP contribution in [0.2, 0.25) is 0 Å². The van der Waals surface area contributed by atoms with Crippen molar-refractivity contribution in [2.45, 2.75) is 18.9 Å². The number of rotatable bonds is 10. The van der Waals surface area contributed by atoms with Crippen molar-refractivity contribution < 1.29 is 23.5 Å². The molecule has 1 aliphatic heterocycles. The first kappa shape index (κ1) is 23.7. The Bertz CT molecular complexity index is 868. The molecule has 1 aliphatic rings. The number of nitrogens with zero attached hydrogens (tertiary/aromatic N) is 1. The van der Waals surface area contributed by atoms with E-state index in [-0.39, 0.29) is 23.7 Å². The van der Waals surface area contributed by atoms with Crippen LogP contribution in [0.4, 0.5) is 4.39 Å². The van der Waals surface area contributed by atoms with Crippen molar-refractivity contribution in [3.05, 3.63) is 65.5 Å². The largest absolute Gasteiger partial charge is 0.497 e. The summed E-state index contributed by atoms with van der Waals surface area (Å²) in [5, 5.41) is 5.78. The van der Waals surface area contributed by atoms with Crippen molar-refractivity contribution in [3.63, 3.8) is 0 Å². The van der Waals surface area contributed by atoms with E-state index in [1.165, 1.54) is 24.3 Å². The van der Waals surface area contributed by atoms with Gasteiger partial charge in [-0.25, -0.2) is 4.39 Å². The molecule has 0 aromatic heterocycles. The number of nitrogens with one attached hydrogen (secondary N) is 2. The van der Waals surface area contributed by atoms with Crippen molar-refractivity contribution >= 4 is 11.8 Å². The number of hydrogen-bond donors (Lipinski definition) is 2. The SMILES string of the molecule is COc1ccc(C(CNC(=O)CCCNC(=O)c2ccc(F)cc2)N2CCOCC2)cc1. The van der Waals surface area contributed by atoms with Crippen LogP contribution in [0.3, 0.4) is 0 Å². The maximum Gasteiger partial charge on any atom is 0.251 e. The van der Waals surface area contributed by atoms with Crippen LogP contribution >= 0.6 is 0 Å². The average Bonchev–Trinajstić information content (AvgIpc) is 2.83. The van der Waals surface area contributed by atoms with Gasteiger partial charge in [-0.3, -0.25) is 14.5 Å². The topological polar surface area (TPSA) is 79.9 Å². The van der Waals surface area contributed by atoms with Gasteiger partial charge in [0, 0.05) is 38.2 Å². The highest BCUT2D eigenvalue weighted by atomic mass is 19.1. The van der Waals surface area contributed by atoms with Crippen molar-refractivity contribution in [2.24, 2.45) is 0 Å². The molecule has 2 aromatic carbocycles. The molecule has 2 amide bonds. The van der Waals surface area contributed by atoms with E-state index in [4.69, 9.17) is 9.47 Å². The summed E-state index contributed by atoms with van der Waals surface area (Å²) in [7, 11) is 1.64. The first-order chi connectivity index (χ1) is 15.6. The van der Waals surface area contributed by atoms with E-state index in [2.05, 4.69) is 15.5 Å². The zero-order valence-electron chi connectivity index (χ0n) is 18.3. The zero-order valence-corrected chi connectivity index (χ0v) is 18.3. The Morgan fingerprint density at radius 2 is 1.75 bits per heavy atom. The van der Waals surface area contributed by atoms with Crippen LogP contribution in [0.25, 0.3) is 0 Å². The van der Waals surface area contributed by atoms with Gasteiger partial charge in [-0.1, -0.05) is 12.1 Å². The molecule has 2 N–H and O–H groups in total. The molecule has 3 rings (SSSR count). The maximum absolute atomic E-state index is 12.9. The van der Waals surface area contributed by atoms with Gasteiger partial charge in [-0.05, 0) is 48.4 Å². The highest BCUT2D eigenvalue weighted by Gasteiger charge is 2.23. The third-order valence-electron chi connectivity index (χ3n) is 5.45. The molecule has 0 aliphatic carbocycles. The number of hydrogen-bond acceptors (Lipinski definition) is 5. The third kappa shape index (κ3) is 7.03. The Morgan fingerprint density at radius 3 is 2.41 bits per heavy atom. The second kappa shape index (κ2) is 12.2. The van der Waals surface area contributed by atoms with Crippen molar-refractivity contribution in [1.82, 2.24) is 15.5 Å². The van der Waals surface area contributed by atoms with E-state index in [0.29, 0.717) is 44.7 Å². The molecule has 2 aromatic rings. The fourth-order valence-corrected chi connectivity index (χ4v) is 3.63. The van der Waals surface area contributed by atoms with Crippen LogP contribution in [-0.4, -0.2) is 63.2 Å². The molecule has 0 saturated carbocycles. The minimum absolute atomic E-state index is 0.0481. The van der Waals surface area contributed by atoms with Gasteiger partial charge in [0.1, 0.15) is 11.6 Å². The first-order valence-corrected chi connectivity index (χ1v) is 10.8. The Hall–Kier alpha value is -2.97. The Morgan fingerprint density at radius 1 is 1.06 bits per heavy atom. The number of benzene rings is 2. The molecule has 172 valence electrons. The molecule has 0 spiro atoms. The standard InChI is InChI=1S/C24H30FN3O4/c1-31-21-10-6-18(7-11-21)22(28-13-15-32-16-14-28)17-27-23(29)3-2-12-26-24(30)19-4-8-20(25)9-5-19/h4-11,22H,2-3,12-17H2,1H3,(H,26,30)(H,27,29). The van der Waals surface area contributed by atoms with Gasteiger partial charge >= 0.3 is 0 Å². The fraction of sp³-hybridized carbons (Fsp3) is 0.417. The van der Waals surface area contributed by atoms with Gasteiger partial charge in [0.2, 0.25) is 5.91 Å². The van der Waals surface area contributed by atoms with Crippen LogP contribution in [0.1, 0.15) is 34.8 Å². The predicted octanol–water partition coefficient (Wildman–Crippen LogP) is 2.53. The summed E-state index contributed by atoms with van der Waals surface area (Å²) < 4.78 is 23.7. The van der Waals surface area contributed by atoms with Crippen LogP contribution < -0.4 is 15.4 Å².